The van der Waals surface area contributed by atoms with Crippen molar-refractivity contribution in [2.75, 3.05) is 38.7 Å². The first-order valence-corrected chi connectivity index (χ1v) is 10.5. The van der Waals surface area contributed by atoms with Crippen LogP contribution in [0.15, 0.2) is 12.4 Å². The Balaban J connectivity index is 2.36. The second-order valence-electron chi connectivity index (χ2n) is 5.07. The van der Waals surface area contributed by atoms with Crippen molar-refractivity contribution in [1.29, 1.82) is 0 Å². The van der Waals surface area contributed by atoms with Crippen molar-refractivity contribution in [3.05, 3.63) is 23.8 Å². The molecule has 0 saturated heterocycles. The van der Waals surface area contributed by atoms with Crippen LogP contribution in [0.1, 0.15) is 11.4 Å². The molecule has 6 nitrogen and oxygen atoms in total. The van der Waals surface area contributed by atoms with E-state index in [4.69, 9.17) is 35.9 Å². The van der Waals surface area contributed by atoms with Gasteiger partial charge in [-0.05, 0) is 24.4 Å². The van der Waals surface area contributed by atoms with Gasteiger partial charge >= 0.3 is 0 Å². The van der Waals surface area contributed by atoms with Crippen LogP contribution in [0.25, 0.3) is 0 Å². The van der Waals surface area contributed by atoms with Crippen LogP contribution < -0.4 is 11.5 Å². The fourth-order valence-electron chi connectivity index (χ4n) is 1.60. The van der Waals surface area contributed by atoms with E-state index in [1.165, 1.54) is 0 Å². The highest BCUT2D eigenvalue weighted by Crippen LogP contribution is 2.17. The van der Waals surface area contributed by atoms with Crippen molar-refractivity contribution >= 4 is 58.2 Å². The smallest absolute Gasteiger partial charge is 0.166 e. The monoisotopic (exact) mass is 404 g/mol. The lowest BCUT2D eigenvalue weighted by molar-refractivity contribution is 0.544. The maximum absolute atomic E-state index is 5.57. The highest BCUT2D eigenvalue weighted by atomic mass is 32.2. The van der Waals surface area contributed by atoms with Gasteiger partial charge in [-0.25, -0.2) is 0 Å². The summed E-state index contributed by atoms with van der Waals surface area (Å²) in [6.45, 7) is 1.66. The second-order valence-corrected chi connectivity index (χ2v) is 8.12. The van der Waals surface area contributed by atoms with E-state index in [9.17, 15) is 0 Å². The van der Waals surface area contributed by atoms with Crippen LogP contribution in [-0.4, -0.2) is 68.7 Å². The number of aromatic nitrogens is 2. The highest BCUT2D eigenvalue weighted by molar-refractivity contribution is 7.98. The minimum Gasteiger partial charge on any atom is -0.376 e. The molecule has 0 fully saturated rings. The van der Waals surface area contributed by atoms with Crippen molar-refractivity contribution in [1.82, 2.24) is 19.8 Å². The largest absolute Gasteiger partial charge is 0.376 e. The molecular weight excluding hydrogens is 380 g/mol. The molecule has 0 aliphatic carbocycles. The Bertz CT molecular complexity index is 495. The zero-order valence-electron chi connectivity index (χ0n) is 14.0. The van der Waals surface area contributed by atoms with Crippen LogP contribution in [0.2, 0.25) is 0 Å². The third-order valence-electron chi connectivity index (χ3n) is 3.23. The Labute approximate surface area is 163 Å². The van der Waals surface area contributed by atoms with E-state index in [0.717, 1.165) is 47.5 Å². The topological polar surface area (TPSA) is 84.3 Å². The molecule has 0 bridgehead atoms. The van der Waals surface area contributed by atoms with Gasteiger partial charge < -0.3 is 21.3 Å². The highest BCUT2D eigenvalue weighted by Gasteiger charge is 2.07. The zero-order chi connectivity index (χ0) is 17.9. The Morgan fingerprint density at radius 2 is 1.29 bits per heavy atom. The molecule has 0 spiro atoms. The molecule has 0 aromatic carbocycles. The van der Waals surface area contributed by atoms with Crippen molar-refractivity contribution in [3.8, 4) is 0 Å². The average molecular weight is 405 g/mol. The number of thioether (sulfide) groups is 2. The SMILES string of the molecule is CN(CCSCc1nccnc1CSCCN(C)C(N)=S)C(N)=S. The normalized spacial score (nSPS) is 10.4. The fraction of sp³-hybridized carbons (Fsp3) is 0.571. The Morgan fingerprint density at radius 3 is 1.62 bits per heavy atom. The molecule has 10 heteroatoms. The molecule has 1 aromatic rings. The molecule has 1 heterocycles. The fourth-order valence-corrected chi connectivity index (χ4v) is 3.74. The van der Waals surface area contributed by atoms with Crippen molar-refractivity contribution in [2.24, 2.45) is 11.5 Å². The Morgan fingerprint density at radius 1 is 0.917 bits per heavy atom. The first-order valence-electron chi connectivity index (χ1n) is 7.37. The molecule has 1 rings (SSSR count). The van der Waals surface area contributed by atoms with Crippen molar-refractivity contribution in [2.45, 2.75) is 11.5 Å². The maximum Gasteiger partial charge on any atom is 0.166 e. The second kappa shape index (κ2) is 11.7. The Kier molecular flexibility index (Phi) is 10.3. The summed E-state index contributed by atoms with van der Waals surface area (Å²) in [4.78, 5) is 12.7. The number of nitrogens with zero attached hydrogens (tertiary/aromatic N) is 4. The maximum atomic E-state index is 5.57. The van der Waals surface area contributed by atoms with Gasteiger partial charge in [0.1, 0.15) is 0 Å². The van der Waals surface area contributed by atoms with E-state index in [1.807, 2.05) is 23.9 Å². The van der Waals surface area contributed by atoms with Crippen molar-refractivity contribution in [3.63, 3.8) is 0 Å². The first kappa shape index (κ1) is 21.2. The number of rotatable bonds is 10. The summed E-state index contributed by atoms with van der Waals surface area (Å²) in [6.07, 6.45) is 3.48. The van der Waals surface area contributed by atoms with E-state index in [1.54, 1.807) is 35.9 Å². The molecule has 134 valence electrons. The van der Waals surface area contributed by atoms with Crippen LogP contribution >= 0.6 is 48.0 Å². The summed E-state index contributed by atoms with van der Waals surface area (Å²) in [5.41, 5.74) is 13.2. The molecular formula is C14H24N6S4. The first-order chi connectivity index (χ1) is 11.4. The van der Waals surface area contributed by atoms with Gasteiger partial charge in [-0.1, -0.05) is 0 Å². The molecule has 1 aromatic heterocycles. The predicted octanol–water partition coefficient (Wildman–Crippen LogP) is 1.29. The summed E-state index contributed by atoms with van der Waals surface area (Å²) < 4.78 is 0. The van der Waals surface area contributed by atoms with Gasteiger partial charge in [0.2, 0.25) is 0 Å². The van der Waals surface area contributed by atoms with E-state index < -0.39 is 0 Å². The lowest BCUT2D eigenvalue weighted by Crippen LogP contribution is -2.33. The predicted molar refractivity (Wildman–Crippen MR) is 113 cm³/mol. The average Bonchev–Trinajstić information content (AvgIpc) is 2.55. The number of hydrogen-bond acceptors (Lipinski definition) is 6. The number of hydrogen-bond donors (Lipinski definition) is 2. The van der Waals surface area contributed by atoms with Crippen LogP contribution in [0, 0.1) is 0 Å². The minimum absolute atomic E-state index is 0.425. The minimum atomic E-state index is 0.425. The van der Waals surface area contributed by atoms with Crippen LogP contribution in [0.4, 0.5) is 0 Å². The zero-order valence-corrected chi connectivity index (χ0v) is 17.2. The van der Waals surface area contributed by atoms with Crippen LogP contribution in [-0.2, 0) is 11.5 Å². The summed E-state index contributed by atoms with van der Waals surface area (Å²) in [7, 11) is 3.80. The number of thiocarbonyl (C=S) groups is 2. The Hall–Kier alpha value is -0.840. The molecule has 0 unspecified atom stereocenters. The third-order valence-corrected chi connectivity index (χ3v) is 5.75. The lowest BCUT2D eigenvalue weighted by atomic mass is 10.3. The van der Waals surface area contributed by atoms with Crippen LogP contribution in [0.5, 0.6) is 0 Å². The molecule has 0 aliphatic heterocycles. The van der Waals surface area contributed by atoms with Gasteiger partial charge in [0.15, 0.2) is 10.2 Å². The van der Waals surface area contributed by atoms with Gasteiger partial charge in [0.25, 0.3) is 0 Å². The van der Waals surface area contributed by atoms with Crippen molar-refractivity contribution < 1.29 is 0 Å². The molecule has 4 N–H and O–H groups in total. The summed E-state index contributed by atoms with van der Waals surface area (Å²) >= 11 is 13.5. The summed E-state index contributed by atoms with van der Waals surface area (Å²) in [6, 6.07) is 0. The summed E-state index contributed by atoms with van der Waals surface area (Å²) in [5, 5.41) is 0.850. The summed E-state index contributed by atoms with van der Waals surface area (Å²) in [5.74, 6) is 3.55. The quantitative estimate of drug-likeness (QED) is 0.439. The van der Waals surface area contributed by atoms with Gasteiger partial charge in [-0.3, -0.25) is 9.97 Å². The van der Waals surface area contributed by atoms with Crippen LogP contribution in [0.3, 0.4) is 0 Å². The standard InChI is InChI=1S/C14H24N6S4/c1-19(13(15)21)5-7-23-9-11-12(18-4-3-17-11)10-24-8-6-20(2)14(16)22/h3-4H,5-10H2,1-2H3,(H2,15,21)(H2,16,22). The molecule has 24 heavy (non-hydrogen) atoms. The molecule has 0 aliphatic rings. The molecule has 0 saturated carbocycles. The molecule has 0 amide bonds. The van der Waals surface area contributed by atoms with E-state index in [0.29, 0.717) is 10.2 Å². The van der Waals surface area contributed by atoms with Gasteiger partial charge in [0.05, 0.1) is 11.4 Å². The van der Waals surface area contributed by atoms with Gasteiger partial charge in [0, 0.05) is 62.6 Å². The van der Waals surface area contributed by atoms with E-state index in [-0.39, 0.29) is 0 Å². The molecule has 0 atom stereocenters. The van der Waals surface area contributed by atoms with E-state index in [2.05, 4.69) is 9.97 Å². The third kappa shape index (κ3) is 8.32. The lowest BCUT2D eigenvalue weighted by Gasteiger charge is -2.16. The molecule has 0 radical (unpaired) electrons. The van der Waals surface area contributed by atoms with E-state index >= 15 is 0 Å². The van der Waals surface area contributed by atoms with Gasteiger partial charge in [-0.2, -0.15) is 23.5 Å². The van der Waals surface area contributed by atoms with Gasteiger partial charge in [-0.15, -0.1) is 0 Å². The number of nitrogens with two attached hydrogens (primary N) is 2.